The third kappa shape index (κ3) is 8.39. The standard InChI is InChI=1S/C22H29O5P/c1-2-3-16-21(22(23)26-18-20-13-8-5-9-14-20)27-28(24,25)17-10-15-19-11-6-4-7-12-19/h4-9,11-14,21H,2-3,10,15-18H2,1H3,(H,24,25)/t21-/m1/s1. The molecule has 1 unspecified atom stereocenters. The summed E-state index contributed by atoms with van der Waals surface area (Å²) in [6.07, 6.45) is 2.13. The average molecular weight is 404 g/mol. The summed E-state index contributed by atoms with van der Waals surface area (Å²) in [5.74, 6) is -0.588. The monoisotopic (exact) mass is 404 g/mol. The fraction of sp³-hybridized carbons (Fsp3) is 0.409. The van der Waals surface area contributed by atoms with Gasteiger partial charge in [-0.3, -0.25) is 9.09 Å². The second-order valence-electron chi connectivity index (χ2n) is 6.78. The maximum absolute atomic E-state index is 12.5. The summed E-state index contributed by atoms with van der Waals surface area (Å²) in [4.78, 5) is 22.6. The Morgan fingerprint density at radius 2 is 1.61 bits per heavy atom. The van der Waals surface area contributed by atoms with Crippen molar-refractivity contribution in [2.75, 3.05) is 6.16 Å². The van der Waals surface area contributed by atoms with Gasteiger partial charge < -0.3 is 9.63 Å². The van der Waals surface area contributed by atoms with Crippen molar-refractivity contribution in [1.29, 1.82) is 0 Å². The zero-order valence-electron chi connectivity index (χ0n) is 16.3. The molecular formula is C22H29O5P. The second-order valence-corrected chi connectivity index (χ2v) is 8.71. The van der Waals surface area contributed by atoms with Gasteiger partial charge in [0.25, 0.3) is 0 Å². The molecule has 2 aromatic rings. The summed E-state index contributed by atoms with van der Waals surface area (Å²) in [7, 11) is -3.88. The number of hydrogen-bond acceptors (Lipinski definition) is 4. The summed E-state index contributed by atoms with van der Waals surface area (Å²) in [5, 5.41) is 0. The van der Waals surface area contributed by atoms with E-state index < -0.39 is 19.7 Å². The highest BCUT2D eigenvalue weighted by molar-refractivity contribution is 7.52. The van der Waals surface area contributed by atoms with Gasteiger partial charge in [-0.25, -0.2) is 4.79 Å². The molecule has 0 saturated heterocycles. The quantitative estimate of drug-likeness (QED) is 0.392. The predicted molar refractivity (Wildman–Crippen MR) is 110 cm³/mol. The number of carbonyl (C=O) groups is 1. The molecule has 0 fully saturated rings. The number of rotatable bonds is 12. The fourth-order valence-electron chi connectivity index (χ4n) is 2.80. The van der Waals surface area contributed by atoms with Crippen molar-refractivity contribution in [2.45, 2.75) is 51.7 Å². The van der Waals surface area contributed by atoms with Crippen molar-refractivity contribution >= 4 is 13.6 Å². The van der Waals surface area contributed by atoms with Gasteiger partial charge in [0, 0.05) is 0 Å². The van der Waals surface area contributed by atoms with Gasteiger partial charge in [-0.2, -0.15) is 0 Å². The number of hydrogen-bond donors (Lipinski definition) is 1. The summed E-state index contributed by atoms with van der Waals surface area (Å²) in [6.45, 7) is 2.11. The maximum Gasteiger partial charge on any atom is 0.336 e. The first-order valence-electron chi connectivity index (χ1n) is 9.75. The van der Waals surface area contributed by atoms with Crippen LogP contribution in [0.4, 0.5) is 0 Å². The molecule has 0 aromatic heterocycles. The normalized spacial score (nSPS) is 14.2. The lowest BCUT2D eigenvalue weighted by molar-refractivity contribution is -0.154. The van der Waals surface area contributed by atoms with E-state index in [1.54, 1.807) is 0 Å². The van der Waals surface area contributed by atoms with Crippen molar-refractivity contribution in [1.82, 2.24) is 0 Å². The predicted octanol–water partition coefficient (Wildman–Crippen LogP) is 5.12. The van der Waals surface area contributed by atoms with Crippen molar-refractivity contribution < 1.29 is 23.5 Å². The molecule has 0 saturated carbocycles. The van der Waals surface area contributed by atoms with Crippen LogP contribution in [0, 0.1) is 0 Å². The molecule has 0 bridgehead atoms. The van der Waals surface area contributed by atoms with E-state index >= 15 is 0 Å². The van der Waals surface area contributed by atoms with Crippen LogP contribution in [0.5, 0.6) is 0 Å². The Labute approximate surface area is 167 Å². The minimum Gasteiger partial charge on any atom is -0.459 e. The summed E-state index contributed by atoms with van der Waals surface area (Å²) >= 11 is 0. The van der Waals surface area contributed by atoms with Crippen LogP contribution in [0.1, 0.15) is 43.7 Å². The molecule has 0 heterocycles. The highest BCUT2D eigenvalue weighted by Crippen LogP contribution is 2.45. The molecule has 2 aromatic carbocycles. The van der Waals surface area contributed by atoms with Crippen molar-refractivity contribution in [3.05, 3.63) is 71.8 Å². The van der Waals surface area contributed by atoms with E-state index in [2.05, 4.69) is 0 Å². The molecule has 5 nitrogen and oxygen atoms in total. The van der Waals surface area contributed by atoms with E-state index in [1.807, 2.05) is 67.6 Å². The number of aryl methyl sites for hydroxylation is 1. The highest BCUT2D eigenvalue weighted by atomic mass is 31.2. The van der Waals surface area contributed by atoms with Gasteiger partial charge in [0.2, 0.25) is 0 Å². The number of esters is 1. The van der Waals surface area contributed by atoms with E-state index in [9.17, 15) is 14.3 Å². The lowest BCUT2D eigenvalue weighted by atomic mass is 10.1. The first-order chi connectivity index (χ1) is 13.5. The Balaban J connectivity index is 1.87. The van der Waals surface area contributed by atoms with Gasteiger partial charge >= 0.3 is 13.6 Å². The van der Waals surface area contributed by atoms with E-state index in [-0.39, 0.29) is 12.8 Å². The zero-order valence-corrected chi connectivity index (χ0v) is 17.2. The molecule has 0 amide bonds. The molecule has 152 valence electrons. The second kappa shape index (κ2) is 11.8. The topological polar surface area (TPSA) is 72.8 Å². The van der Waals surface area contributed by atoms with Crippen LogP contribution in [0.2, 0.25) is 0 Å². The smallest absolute Gasteiger partial charge is 0.336 e. The molecule has 0 aliphatic rings. The van der Waals surface area contributed by atoms with E-state index in [0.29, 0.717) is 19.3 Å². The summed E-state index contributed by atoms with van der Waals surface area (Å²) < 4.78 is 23.2. The number of carbonyl (C=O) groups excluding carboxylic acids is 1. The first-order valence-corrected chi connectivity index (χ1v) is 11.5. The number of benzene rings is 2. The van der Waals surface area contributed by atoms with E-state index in [1.165, 1.54) is 0 Å². The molecule has 2 rings (SSSR count). The van der Waals surface area contributed by atoms with Crippen LogP contribution in [0.3, 0.4) is 0 Å². The molecule has 28 heavy (non-hydrogen) atoms. The SMILES string of the molecule is CCCC[C@@H](OP(=O)(O)CCCc1ccccc1)C(=O)OCc1ccccc1. The lowest BCUT2D eigenvalue weighted by Crippen LogP contribution is -2.26. The number of unbranched alkanes of at least 4 members (excludes halogenated alkanes) is 1. The number of ether oxygens (including phenoxy) is 1. The molecular weight excluding hydrogens is 375 g/mol. The Kier molecular flexibility index (Phi) is 9.42. The minimum atomic E-state index is -3.88. The van der Waals surface area contributed by atoms with Crippen LogP contribution in [-0.2, 0) is 31.6 Å². The van der Waals surface area contributed by atoms with Crippen molar-refractivity contribution in [2.24, 2.45) is 0 Å². The Bertz CT molecular complexity index is 748. The van der Waals surface area contributed by atoms with Crippen LogP contribution < -0.4 is 0 Å². The van der Waals surface area contributed by atoms with E-state index in [4.69, 9.17) is 9.26 Å². The van der Waals surface area contributed by atoms with Gasteiger partial charge in [-0.1, -0.05) is 80.4 Å². The maximum atomic E-state index is 12.5. The largest absolute Gasteiger partial charge is 0.459 e. The van der Waals surface area contributed by atoms with Gasteiger partial charge in [-0.15, -0.1) is 0 Å². The molecule has 2 atom stereocenters. The van der Waals surface area contributed by atoms with Crippen molar-refractivity contribution in [3.8, 4) is 0 Å². The summed E-state index contributed by atoms with van der Waals surface area (Å²) in [6, 6.07) is 19.1. The Hall–Kier alpha value is -1.94. The van der Waals surface area contributed by atoms with Crippen molar-refractivity contribution in [3.63, 3.8) is 0 Å². The third-order valence-corrected chi connectivity index (χ3v) is 5.81. The fourth-order valence-corrected chi connectivity index (χ4v) is 4.06. The van der Waals surface area contributed by atoms with Crippen LogP contribution in [0.25, 0.3) is 0 Å². The lowest BCUT2D eigenvalue weighted by Gasteiger charge is -2.20. The molecule has 0 aliphatic heterocycles. The van der Waals surface area contributed by atoms with Gasteiger partial charge in [0.05, 0.1) is 6.16 Å². The third-order valence-electron chi connectivity index (χ3n) is 4.35. The Morgan fingerprint density at radius 1 is 1.00 bits per heavy atom. The van der Waals surface area contributed by atoms with Crippen LogP contribution in [-0.4, -0.2) is 23.1 Å². The van der Waals surface area contributed by atoms with E-state index in [0.717, 1.165) is 24.0 Å². The van der Waals surface area contributed by atoms with Gasteiger partial charge in [-0.05, 0) is 30.4 Å². The Morgan fingerprint density at radius 3 is 2.21 bits per heavy atom. The van der Waals surface area contributed by atoms with Gasteiger partial charge in [0.1, 0.15) is 6.61 Å². The molecule has 6 heteroatoms. The first kappa shape index (κ1) is 22.4. The molecule has 0 spiro atoms. The van der Waals surface area contributed by atoms with Gasteiger partial charge in [0.15, 0.2) is 6.10 Å². The highest BCUT2D eigenvalue weighted by Gasteiger charge is 2.30. The molecule has 0 radical (unpaired) electrons. The minimum absolute atomic E-state index is 0.0104. The molecule has 0 aliphatic carbocycles. The zero-order chi connectivity index (χ0) is 20.2. The molecule has 1 N–H and O–H groups in total. The van der Waals surface area contributed by atoms with Crippen LogP contribution in [0.15, 0.2) is 60.7 Å². The van der Waals surface area contributed by atoms with Crippen LogP contribution >= 0.6 is 7.60 Å². The summed E-state index contributed by atoms with van der Waals surface area (Å²) in [5.41, 5.74) is 1.97. The average Bonchev–Trinajstić information content (AvgIpc) is 2.70.